The molecule has 3 N–H and O–H groups in total. The van der Waals surface area contributed by atoms with Crippen molar-refractivity contribution in [2.24, 2.45) is 11.7 Å². The SMILES string of the molecule is CC(C)NC(=O)C(C)N1CCC(N)C(C)C1. The Hall–Kier alpha value is -0.610. The van der Waals surface area contributed by atoms with Crippen LogP contribution < -0.4 is 11.1 Å². The van der Waals surface area contributed by atoms with E-state index in [1.807, 2.05) is 20.8 Å². The van der Waals surface area contributed by atoms with Crippen LogP contribution in [0.2, 0.25) is 0 Å². The van der Waals surface area contributed by atoms with E-state index in [1.54, 1.807) is 0 Å². The van der Waals surface area contributed by atoms with Crippen LogP contribution in [-0.2, 0) is 4.79 Å². The zero-order valence-corrected chi connectivity index (χ0v) is 10.9. The Bertz CT molecular complexity index is 242. The van der Waals surface area contributed by atoms with Gasteiger partial charge >= 0.3 is 0 Å². The number of nitrogens with zero attached hydrogens (tertiary/aromatic N) is 1. The Labute approximate surface area is 98.6 Å². The van der Waals surface area contributed by atoms with Crippen molar-refractivity contribution in [1.82, 2.24) is 10.2 Å². The maximum absolute atomic E-state index is 11.9. The van der Waals surface area contributed by atoms with Gasteiger partial charge in [-0.1, -0.05) is 6.92 Å². The molecule has 1 amide bonds. The molecular weight excluding hydrogens is 202 g/mol. The minimum Gasteiger partial charge on any atom is -0.353 e. The van der Waals surface area contributed by atoms with E-state index in [1.165, 1.54) is 0 Å². The molecule has 3 unspecified atom stereocenters. The summed E-state index contributed by atoms with van der Waals surface area (Å²) in [5.41, 5.74) is 5.97. The highest BCUT2D eigenvalue weighted by atomic mass is 16.2. The van der Waals surface area contributed by atoms with E-state index in [9.17, 15) is 4.79 Å². The second-order valence-electron chi connectivity index (χ2n) is 5.26. The molecule has 0 radical (unpaired) electrons. The van der Waals surface area contributed by atoms with Gasteiger partial charge < -0.3 is 11.1 Å². The largest absolute Gasteiger partial charge is 0.353 e. The highest BCUT2D eigenvalue weighted by Gasteiger charge is 2.29. The maximum Gasteiger partial charge on any atom is 0.237 e. The lowest BCUT2D eigenvalue weighted by Crippen LogP contribution is -2.54. The number of nitrogens with one attached hydrogen (secondary N) is 1. The summed E-state index contributed by atoms with van der Waals surface area (Å²) in [6.07, 6.45) is 0.987. The Morgan fingerprint density at radius 3 is 2.56 bits per heavy atom. The van der Waals surface area contributed by atoms with Crippen molar-refractivity contribution in [2.45, 2.75) is 52.2 Å². The Morgan fingerprint density at radius 1 is 1.44 bits per heavy atom. The van der Waals surface area contributed by atoms with E-state index in [2.05, 4.69) is 17.1 Å². The van der Waals surface area contributed by atoms with Crippen molar-refractivity contribution in [3.63, 3.8) is 0 Å². The number of nitrogens with two attached hydrogens (primary N) is 1. The molecule has 16 heavy (non-hydrogen) atoms. The number of rotatable bonds is 3. The third kappa shape index (κ3) is 3.46. The first-order chi connectivity index (χ1) is 7.41. The fourth-order valence-electron chi connectivity index (χ4n) is 2.12. The molecule has 94 valence electrons. The van der Waals surface area contributed by atoms with E-state index in [4.69, 9.17) is 5.73 Å². The van der Waals surface area contributed by atoms with Crippen molar-refractivity contribution in [1.29, 1.82) is 0 Å². The van der Waals surface area contributed by atoms with Gasteiger partial charge in [-0.3, -0.25) is 9.69 Å². The van der Waals surface area contributed by atoms with E-state index in [0.29, 0.717) is 5.92 Å². The highest BCUT2D eigenvalue weighted by Crippen LogP contribution is 2.17. The molecule has 1 aliphatic heterocycles. The molecule has 0 aromatic heterocycles. The zero-order valence-electron chi connectivity index (χ0n) is 10.9. The molecule has 0 aromatic rings. The third-order valence-electron chi connectivity index (χ3n) is 3.36. The molecule has 0 spiro atoms. The number of likely N-dealkylation sites (tertiary alicyclic amines) is 1. The predicted molar refractivity (Wildman–Crippen MR) is 66.1 cm³/mol. The number of carbonyl (C=O) groups is 1. The van der Waals surface area contributed by atoms with Gasteiger partial charge in [0.25, 0.3) is 0 Å². The molecule has 4 nitrogen and oxygen atoms in total. The summed E-state index contributed by atoms with van der Waals surface area (Å²) in [6.45, 7) is 9.95. The molecule has 1 rings (SSSR count). The maximum atomic E-state index is 11.9. The molecule has 1 fully saturated rings. The van der Waals surface area contributed by atoms with Crippen LogP contribution in [-0.4, -0.2) is 42.0 Å². The first kappa shape index (κ1) is 13.5. The summed E-state index contributed by atoms with van der Waals surface area (Å²) in [4.78, 5) is 14.1. The van der Waals surface area contributed by atoms with Crippen molar-refractivity contribution in [3.05, 3.63) is 0 Å². The molecule has 0 bridgehead atoms. The minimum atomic E-state index is -0.0441. The van der Waals surface area contributed by atoms with Gasteiger partial charge in [0, 0.05) is 25.2 Å². The Kier molecular flexibility index (Phi) is 4.74. The molecule has 0 aromatic carbocycles. The van der Waals surface area contributed by atoms with E-state index < -0.39 is 0 Å². The summed E-state index contributed by atoms with van der Waals surface area (Å²) in [7, 11) is 0. The van der Waals surface area contributed by atoms with Crippen molar-refractivity contribution < 1.29 is 4.79 Å². The first-order valence-corrected chi connectivity index (χ1v) is 6.21. The lowest BCUT2D eigenvalue weighted by atomic mass is 9.94. The van der Waals surface area contributed by atoms with Gasteiger partial charge in [-0.05, 0) is 33.1 Å². The molecule has 1 saturated heterocycles. The van der Waals surface area contributed by atoms with Crippen LogP contribution in [0.25, 0.3) is 0 Å². The second-order valence-corrected chi connectivity index (χ2v) is 5.26. The van der Waals surface area contributed by atoms with Crippen LogP contribution >= 0.6 is 0 Å². The standard InChI is InChI=1S/C12H25N3O/c1-8(2)14-12(16)10(4)15-6-5-11(13)9(3)7-15/h8-11H,5-7,13H2,1-4H3,(H,14,16). The van der Waals surface area contributed by atoms with Crippen LogP contribution in [0.1, 0.15) is 34.1 Å². The Balaban J connectivity index is 2.48. The van der Waals surface area contributed by atoms with Gasteiger partial charge in [-0.2, -0.15) is 0 Å². The van der Waals surface area contributed by atoms with Gasteiger partial charge in [-0.15, -0.1) is 0 Å². The molecule has 0 saturated carbocycles. The minimum absolute atomic E-state index is 0.0441. The summed E-state index contributed by atoms with van der Waals surface area (Å²) in [6, 6.07) is 0.452. The summed E-state index contributed by atoms with van der Waals surface area (Å²) in [5, 5.41) is 2.95. The summed E-state index contributed by atoms with van der Waals surface area (Å²) in [5.74, 6) is 0.598. The normalized spacial score (nSPS) is 29.1. The highest BCUT2D eigenvalue weighted by molar-refractivity contribution is 5.81. The van der Waals surface area contributed by atoms with Gasteiger partial charge in [0.15, 0.2) is 0 Å². The fourth-order valence-corrected chi connectivity index (χ4v) is 2.12. The lowest BCUT2D eigenvalue weighted by Gasteiger charge is -2.38. The summed E-state index contributed by atoms with van der Waals surface area (Å²) < 4.78 is 0. The molecule has 1 aliphatic rings. The van der Waals surface area contributed by atoms with Crippen molar-refractivity contribution in [2.75, 3.05) is 13.1 Å². The number of piperidine rings is 1. The zero-order chi connectivity index (χ0) is 12.3. The number of hydrogen-bond acceptors (Lipinski definition) is 3. The van der Waals surface area contributed by atoms with Gasteiger partial charge in [-0.25, -0.2) is 0 Å². The monoisotopic (exact) mass is 227 g/mol. The van der Waals surface area contributed by atoms with Gasteiger partial charge in [0.1, 0.15) is 0 Å². The van der Waals surface area contributed by atoms with Gasteiger partial charge in [0.05, 0.1) is 6.04 Å². The number of carbonyl (C=O) groups excluding carboxylic acids is 1. The lowest BCUT2D eigenvalue weighted by molar-refractivity contribution is -0.127. The quantitative estimate of drug-likeness (QED) is 0.741. The van der Waals surface area contributed by atoms with E-state index in [-0.39, 0.29) is 24.0 Å². The van der Waals surface area contributed by atoms with E-state index in [0.717, 1.165) is 19.5 Å². The van der Waals surface area contributed by atoms with Gasteiger partial charge in [0.2, 0.25) is 5.91 Å². The number of amides is 1. The second kappa shape index (κ2) is 5.64. The average Bonchev–Trinajstić information content (AvgIpc) is 2.20. The smallest absolute Gasteiger partial charge is 0.237 e. The molecule has 0 aliphatic carbocycles. The molecule has 3 atom stereocenters. The predicted octanol–water partition coefficient (Wildman–Crippen LogP) is 0.569. The van der Waals surface area contributed by atoms with Crippen LogP contribution in [0.15, 0.2) is 0 Å². The van der Waals surface area contributed by atoms with Crippen LogP contribution in [0.5, 0.6) is 0 Å². The Morgan fingerprint density at radius 2 is 2.06 bits per heavy atom. The third-order valence-corrected chi connectivity index (χ3v) is 3.36. The molecule has 4 heteroatoms. The van der Waals surface area contributed by atoms with Crippen LogP contribution in [0.4, 0.5) is 0 Å². The van der Waals surface area contributed by atoms with Crippen LogP contribution in [0.3, 0.4) is 0 Å². The first-order valence-electron chi connectivity index (χ1n) is 6.21. The molecule has 1 heterocycles. The van der Waals surface area contributed by atoms with E-state index >= 15 is 0 Å². The molecular formula is C12H25N3O. The summed E-state index contributed by atoms with van der Waals surface area (Å²) >= 11 is 0. The topological polar surface area (TPSA) is 58.4 Å². The van der Waals surface area contributed by atoms with Crippen molar-refractivity contribution in [3.8, 4) is 0 Å². The fraction of sp³-hybridized carbons (Fsp3) is 0.917. The van der Waals surface area contributed by atoms with Crippen molar-refractivity contribution >= 4 is 5.91 Å². The average molecular weight is 227 g/mol. The van der Waals surface area contributed by atoms with Crippen LogP contribution in [0, 0.1) is 5.92 Å². The number of hydrogen-bond donors (Lipinski definition) is 2.